The van der Waals surface area contributed by atoms with Gasteiger partial charge >= 0.3 is 6.09 Å². The van der Waals surface area contributed by atoms with E-state index in [9.17, 15) is 9.59 Å². The van der Waals surface area contributed by atoms with Crippen LogP contribution in [0.5, 0.6) is 0 Å². The molecule has 1 saturated heterocycles. The molecule has 1 heterocycles. The van der Waals surface area contributed by atoms with E-state index in [0.717, 1.165) is 37.9 Å². The van der Waals surface area contributed by atoms with Gasteiger partial charge in [0.2, 0.25) is 0 Å². The molecule has 3 rings (SSSR count). The van der Waals surface area contributed by atoms with Crippen molar-refractivity contribution in [2.75, 3.05) is 19.6 Å². The van der Waals surface area contributed by atoms with Crippen LogP contribution in [0.3, 0.4) is 0 Å². The van der Waals surface area contributed by atoms with Crippen LogP contribution in [0.4, 0.5) is 4.79 Å². The standard InChI is InChI=1S/C20H28N2O3/c1-19(2,3)25-18(24)21-17-13-20(17)9-11-22(12-10-20)14-16(23)15-7-5-4-6-8-15/h4-8,17H,9-14H2,1-3H3,(H,21,24)/t17-/m0/s1. The maximum absolute atomic E-state index is 12.3. The molecule has 1 saturated carbocycles. The summed E-state index contributed by atoms with van der Waals surface area (Å²) in [7, 11) is 0. The van der Waals surface area contributed by atoms with Crippen LogP contribution in [0.2, 0.25) is 0 Å². The molecule has 0 aromatic heterocycles. The fraction of sp³-hybridized carbons (Fsp3) is 0.600. The average molecular weight is 344 g/mol. The summed E-state index contributed by atoms with van der Waals surface area (Å²) in [5.74, 6) is 0.177. The van der Waals surface area contributed by atoms with E-state index in [1.807, 2.05) is 51.1 Å². The molecular weight excluding hydrogens is 316 g/mol. The number of benzene rings is 1. The quantitative estimate of drug-likeness (QED) is 0.852. The van der Waals surface area contributed by atoms with E-state index in [2.05, 4.69) is 10.2 Å². The van der Waals surface area contributed by atoms with E-state index < -0.39 is 5.60 Å². The van der Waals surface area contributed by atoms with E-state index in [1.54, 1.807) is 0 Å². The fourth-order valence-electron chi connectivity index (χ4n) is 3.63. The van der Waals surface area contributed by atoms with Crippen LogP contribution in [-0.2, 0) is 4.74 Å². The molecule has 2 aliphatic rings. The van der Waals surface area contributed by atoms with Crippen molar-refractivity contribution in [3.63, 3.8) is 0 Å². The Morgan fingerprint density at radius 2 is 1.84 bits per heavy atom. The van der Waals surface area contributed by atoms with Gasteiger partial charge in [-0.2, -0.15) is 0 Å². The van der Waals surface area contributed by atoms with Gasteiger partial charge in [0.15, 0.2) is 5.78 Å². The molecule has 2 fully saturated rings. The van der Waals surface area contributed by atoms with Crippen molar-refractivity contribution in [3.8, 4) is 0 Å². The van der Waals surface area contributed by atoms with Gasteiger partial charge < -0.3 is 10.1 Å². The van der Waals surface area contributed by atoms with Crippen LogP contribution in [0.25, 0.3) is 0 Å². The highest BCUT2D eigenvalue weighted by Crippen LogP contribution is 2.53. The highest BCUT2D eigenvalue weighted by molar-refractivity contribution is 5.97. The van der Waals surface area contributed by atoms with E-state index in [0.29, 0.717) is 6.54 Å². The molecule has 1 aromatic rings. The van der Waals surface area contributed by atoms with Crippen molar-refractivity contribution in [2.24, 2.45) is 5.41 Å². The molecule has 5 nitrogen and oxygen atoms in total. The van der Waals surface area contributed by atoms with Gasteiger partial charge in [0.05, 0.1) is 6.54 Å². The number of hydrogen-bond acceptors (Lipinski definition) is 4. The maximum atomic E-state index is 12.3. The third-order valence-electron chi connectivity index (χ3n) is 5.20. The number of hydrogen-bond donors (Lipinski definition) is 1. The predicted molar refractivity (Wildman–Crippen MR) is 96.7 cm³/mol. The smallest absolute Gasteiger partial charge is 0.407 e. The molecule has 25 heavy (non-hydrogen) atoms. The molecule has 1 N–H and O–H groups in total. The molecule has 5 heteroatoms. The first-order chi connectivity index (χ1) is 11.8. The maximum Gasteiger partial charge on any atom is 0.407 e. The molecule has 1 amide bonds. The molecule has 1 spiro atoms. The number of Topliss-reactive ketones (excluding diaryl/α,β-unsaturated/α-hetero) is 1. The first-order valence-electron chi connectivity index (χ1n) is 9.08. The van der Waals surface area contributed by atoms with Gasteiger partial charge in [0.1, 0.15) is 5.60 Å². The summed E-state index contributed by atoms with van der Waals surface area (Å²) in [6.45, 7) is 7.91. The zero-order chi connectivity index (χ0) is 18.1. The summed E-state index contributed by atoms with van der Waals surface area (Å²) in [4.78, 5) is 26.5. The summed E-state index contributed by atoms with van der Waals surface area (Å²) < 4.78 is 5.34. The van der Waals surface area contributed by atoms with Crippen molar-refractivity contribution in [1.29, 1.82) is 0 Å². The lowest BCUT2D eigenvalue weighted by Gasteiger charge is -2.32. The zero-order valence-electron chi connectivity index (χ0n) is 15.4. The number of likely N-dealkylation sites (tertiary alicyclic amines) is 1. The molecule has 0 bridgehead atoms. The third kappa shape index (κ3) is 4.60. The summed E-state index contributed by atoms with van der Waals surface area (Å²) in [6, 6.07) is 9.68. The Kier molecular flexibility index (Phi) is 4.87. The number of carbonyl (C=O) groups is 2. The number of nitrogens with zero attached hydrogens (tertiary/aromatic N) is 1. The molecular formula is C20H28N2O3. The fourth-order valence-corrected chi connectivity index (χ4v) is 3.63. The minimum absolute atomic E-state index is 0.177. The Morgan fingerprint density at radius 1 is 1.20 bits per heavy atom. The minimum Gasteiger partial charge on any atom is -0.444 e. The van der Waals surface area contributed by atoms with Crippen LogP contribution in [0, 0.1) is 5.41 Å². The van der Waals surface area contributed by atoms with E-state index in [1.165, 1.54) is 0 Å². The van der Waals surface area contributed by atoms with E-state index >= 15 is 0 Å². The van der Waals surface area contributed by atoms with Crippen molar-refractivity contribution in [2.45, 2.75) is 51.7 Å². The van der Waals surface area contributed by atoms with Crippen molar-refractivity contribution >= 4 is 11.9 Å². The van der Waals surface area contributed by atoms with Crippen LogP contribution < -0.4 is 5.32 Å². The third-order valence-corrected chi connectivity index (χ3v) is 5.20. The second-order valence-electron chi connectivity index (χ2n) is 8.33. The molecule has 136 valence electrons. The molecule has 1 aliphatic carbocycles. The number of alkyl carbamates (subject to hydrolysis) is 1. The SMILES string of the molecule is CC(C)(C)OC(=O)N[C@H]1CC12CCN(CC(=O)c1ccccc1)CC2. The lowest BCUT2D eigenvalue weighted by atomic mass is 9.92. The van der Waals surface area contributed by atoms with Gasteiger partial charge in [-0.3, -0.25) is 9.69 Å². The Morgan fingerprint density at radius 3 is 2.44 bits per heavy atom. The number of piperidine rings is 1. The van der Waals surface area contributed by atoms with Crippen LogP contribution in [0.15, 0.2) is 30.3 Å². The highest BCUT2D eigenvalue weighted by Gasteiger charge is 2.55. The molecule has 0 unspecified atom stereocenters. The normalized spacial score (nSPS) is 22.4. The second kappa shape index (κ2) is 6.79. The predicted octanol–water partition coefficient (Wildman–Crippen LogP) is 3.25. The topological polar surface area (TPSA) is 58.6 Å². The van der Waals surface area contributed by atoms with Gasteiger partial charge in [0, 0.05) is 11.6 Å². The number of ketones is 1. The molecule has 1 aliphatic heterocycles. The van der Waals surface area contributed by atoms with Crippen molar-refractivity contribution in [1.82, 2.24) is 10.2 Å². The summed E-state index contributed by atoms with van der Waals surface area (Å²) in [6.07, 6.45) is 2.74. The van der Waals surface area contributed by atoms with Gasteiger partial charge in [0.25, 0.3) is 0 Å². The second-order valence-corrected chi connectivity index (χ2v) is 8.33. The van der Waals surface area contributed by atoms with Gasteiger partial charge in [-0.1, -0.05) is 30.3 Å². The van der Waals surface area contributed by atoms with Crippen molar-refractivity contribution < 1.29 is 14.3 Å². The number of nitrogens with one attached hydrogen (secondary N) is 1. The molecule has 0 radical (unpaired) electrons. The van der Waals surface area contributed by atoms with Crippen LogP contribution >= 0.6 is 0 Å². The zero-order valence-corrected chi connectivity index (χ0v) is 15.4. The first-order valence-corrected chi connectivity index (χ1v) is 9.08. The lowest BCUT2D eigenvalue weighted by molar-refractivity contribution is 0.0508. The molecule has 1 atom stereocenters. The Hall–Kier alpha value is -1.88. The summed E-state index contributed by atoms with van der Waals surface area (Å²) in [5, 5.41) is 3.01. The first kappa shape index (κ1) is 17.9. The van der Waals surface area contributed by atoms with Crippen molar-refractivity contribution in [3.05, 3.63) is 35.9 Å². The number of amides is 1. The highest BCUT2D eigenvalue weighted by atomic mass is 16.6. The minimum atomic E-state index is -0.465. The number of ether oxygens (including phenoxy) is 1. The summed E-state index contributed by atoms with van der Waals surface area (Å²) >= 11 is 0. The number of carbonyl (C=O) groups excluding carboxylic acids is 2. The molecule has 1 aromatic carbocycles. The Balaban J connectivity index is 1.44. The largest absolute Gasteiger partial charge is 0.444 e. The van der Waals surface area contributed by atoms with Crippen LogP contribution in [0.1, 0.15) is 50.4 Å². The Labute approximate surface area is 149 Å². The summed E-state index contributed by atoms with van der Waals surface area (Å²) in [5.41, 5.74) is 0.523. The van der Waals surface area contributed by atoms with E-state index in [4.69, 9.17) is 4.74 Å². The average Bonchev–Trinajstić information content (AvgIpc) is 3.20. The van der Waals surface area contributed by atoms with Gasteiger partial charge in [-0.15, -0.1) is 0 Å². The monoisotopic (exact) mass is 344 g/mol. The van der Waals surface area contributed by atoms with Gasteiger partial charge in [-0.05, 0) is 58.5 Å². The van der Waals surface area contributed by atoms with E-state index in [-0.39, 0.29) is 23.3 Å². The number of rotatable bonds is 4. The van der Waals surface area contributed by atoms with Gasteiger partial charge in [-0.25, -0.2) is 4.79 Å². The Bertz CT molecular complexity index is 628. The van der Waals surface area contributed by atoms with Crippen LogP contribution in [-0.4, -0.2) is 48.1 Å². The lowest BCUT2D eigenvalue weighted by Crippen LogP contribution is -2.41.